The summed E-state index contributed by atoms with van der Waals surface area (Å²) in [7, 11) is -3.21. The molecule has 1 fully saturated rings. The molecule has 2 rings (SSSR count). The third-order valence-electron chi connectivity index (χ3n) is 4.19. The van der Waals surface area contributed by atoms with Crippen molar-refractivity contribution >= 4 is 33.2 Å². The number of likely N-dealkylation sites (tertiary alicyclic amines) is 1. The van der Waals surface area contributed by atoms with Gasteiger partial charge in [-0.3, -0.25) is 9.69 Å². The Kier molecular flexibility index (Phi) is 6.41. The molecular weight excluding hydrogens is 364 g/mol. The van der Waals surface area contributed by atoms with E-state index in [0.29, 0.717) is 42.2 Å². The van der Waals surface area contributed by atoms with Crippen LogP contribution in [0.25, 0.3) is 0 Å². The zero-order valence-electron chi connectivity index (χ0n) is 14.1. The molecule has 2 N–H and O–H groups in total. The topological polar surface area (TPSA) is 102 Å². The van der Waals surface area contributed by atoms with Crippen molar-refractivity contribution in [3.8, 4) is 6.07 Å². The first-order valence-corrected chi connectivity index (χ1v) is 10.2. The van der Waals surface area contributed by atoms with E-state index in [2.05, 4.69) is 10.0 Å². The van der Waals surface area contributed by atoms with E-state index in [4.69, 9.17) is 16.9 Å². The highest BCUT2D eigenvalue weighted by Gasteiger charge is 2.27. The number of amides is 1. The van der Waals surface area contributed by atoms with Crippen molar-refractivity contribution in [1.29, 1.82) is 5.26 Å². The van der Waals surface area contributed by atoms with E-state index in [1.807, 2.05) is 17.9 Å². The van der Waals surface area contributed by atoms with Crippen LogP contribution in [0.3, 0.4) is 0 Å². The minimum absolute atomic E-state index is 0.0844. The summed E-state index contributed by atoms with van der Waals surface area (Å²) in [5.74, 6) is -0.171. The number of sulfonamides is 1. The maximum atomic E-state index is 12.4. The lowest BCUT2D eigenvalue weighted by Crippen LogP contribution is -2.50. The Balaban J connectivity index is 1.91. The van der Waals surface area contributed by atoms with Crippen LogP contribution in [0.15, 0.2) is 18.2 Å². The van der Waals surface area contributed by atoms with E-state index in [1.165, 1.54) is 0 Å². The minimum atomic E-state index is -3.21. The first-order chi connectivity index (χ1) is 11.7. The largest absolute Gasteiger partial charge is 0.325 e. The van der Waals surface area contributed by atoms with E-state index < -0.39 is 10.0 Å². The smallest absolute Gasteiger partial charge is 0.241 e. The third-order valence-corrected chi connectivity index (χ3v) is 5.27. The number of nitriles is 1. The van der Waals surface area contributed by atoms with Gasteiger partial charge in [-0.15, -0.1) is 0 Å². The Labute approximate surface area is 153 Å². The molecule has 7 nitrogen and oxygen atoms in total. The number of benzene rings is 1. The molecule has 1 aliphatic heterocycles. The van der Waals surface area contributed by atoms with Crippen molar-refractivity contribution in [2.75, 3.05) is 24.7 Å². The second-order valence-corrected chi connectivity index (χ2v) is 8.36. The predicted molar refractivity (Wildman–Crippen MR) is 96.8 cm³/mol. The Morgan fingerprint density at radius 2 is 2.04 bits per heavy atom. The van der Waals surface area contributed by atoms with E-state index in [9.17, 15) is 13.2 Å². The van der Waals surface area contributed by atoms with Gasteiger partial charge in [0.1, 0.15) is 6.07 Å². The number of hydrogen-bond donors (Lipinski definition) is 2. The molecular formula is C16H21ClN4O3S. The molecule has 9 heteroatoms. The Bertz CT molecular complexity index is 783. The van der Waals surface area contributed by atoms with Crippen LogP contribution in [-0.4, -0.2) is 50.7 Å². The zero-order chi connectivity index (χ0) is 18.6. The lowest BCUT2D eigenvalue weighted by molar-refractivity contribution is -0.121. The molecule has 136 valence electrons. The number of anilines is 1. The first-order valence-electron chi connectivity index (χ1n) is 7.91. The van der Waals surface area contributed by atoms with Gasteiger partial charge in [0.15, 0.2) is 0 Å². The van der Waals surface area contributed by atoms with E-state index in [1.54, 1.807) is 18.2 Å². The predicted octanol–water partition coefficient (Wildman–Crippen LogP) is 1.55. The number of hydrogen-bond acceptors (Lipinski definition) is 5. The fourth-order valence-corrected chi connectivity index (χ4v) is 3.87. The standard InChI is InChI=1S/C16H21ClN4O3S/c1-11(21-7-5-13(6-8-21)20-25(2,23)24)16(22)19-14-4-3-12(10-18)15(17)9-14/h3-4,9,11,13,20H,5-8H2,1-2H3,(H,19,22). The maximum Gasteiger partial charge on any atom is 0.241 e. The van der Waals surface area contributed by atoms with Crippen molar-refractivity contribution in [2.45, 2.75) is 31.8 Å². The Morgan fingerprint density at radius 3 is 2.56 bits per heavy atom. The second-order valence-electron chi connectivity index (χ2n) is 6.17. The highest BCUT2D eigenvalue weighted by atomic mass is 35.5. The maximum absolute atomic E-state index is 12.4. The van der Waals surface area contributed by atoms with Crippen LogP contribution in [0.5, 0.6) is 0 Å². The molecule has 0 aromatic heterocycles. The Morgan fingerprint density at radius 1 is 1.40 bits per heavy atom. The summed E-state index contributed by atoms with van der Waals surface area (Å²) in [6.07, 6.45) is 2.47. The highest BCUT2D eigenvalue weighted by molar-refractivity contribution is 7.88. The van der Waals surface area contributed by atoms with E-state index in [0.717, 1.165) is 6.26 Å². The molecule has 0 radical (unpaired) electrons. The lowest BCUT2D eigenvalue weighted by Gasteiger charge is -2.35. The number of halogens is 1. The Hall–Kier alpha value is -1.66. The SMILES string of the molecule is CC(C(=O)Nc1ccc(C#N)c(Cl)c1)N1CCC(NS(C)(=O)=O)CC1. The number of carbonyl (C=O) groups excluding carboxylic acids is 1. The van der Waals surface area contributed by atoms with Gasteiger partial charge in [-0.2, -0.15) is 5.26 Å². The van der Waals surface area contributed by atoms with Gasteiger partial charge in [0, 0.05) is 24.8 Å². The zero-order valence-corrected chi connectivity index (χ0v) is 15.7. The highest BCUT2D eigenvalue weighted by Crippen LogP contribution is 2.21. The lowest BCUT2D eigenvalue weighted by atomic mass is 10.0. The molecule has 1 saturated heterocycles. The number of carbonyl (C=O) groups is 1. The monoisotopic (exact) mass is 384 g/mol. The number of nitrogens with zero attached hydrogens (tertiary/aromatic N) is 2. The average Bonchev–Trinajstić information content (AvgIpc) is 2.53. The van der Waals surface area contributed by atoms with Gasteiger partial charge >= 0.3 is 0 Å². The average molecular weight is 385 g/mol. The molecule has 1 aliphatic rings. The van der Waals surface area contributed by atoms with Crippen LogP contribution in [0, 0.1) is 11.3 Å². The summed E-state index contributed by atoms with van der Waals surface area (Å²) >= 11 is 5.97. The van der Waals surface area contributed by atoms with Gasteiger partial charge in [-0.05, 0) is 38.0 Å². The van der Waals surface area contributed by atoms with Crippen molar-refractivity contribution < 1.29 is 13.2 Å². The minimum Gasteiger partial charge on any atom is -0.325 e. The quantitative estimate of drug-likeness (QED) is 0.801. The van der Waals surface area contributed by atoms with Crippen LogP contribution in [-0.2, 0) is 14.8 Å². The van der Waals surface area contributed by atoms with Crippen molar-refractivity contribution in [2.24, 2.45) is 0 Å². The van der Waals surface area contributed by atoms with Crippen LogP contribution in [0.1, 0.15) is 25.3 Å². The number of rotatable bonds is 5. The molecule has 0 saturated carbocycles. The molecule has 1 atom stereocenters. The molecule has 1 aromatic carbocycles. The van der Waals surface area contributed by atoms with Crippen molar-refractivity contribution in [3.63, 3.8) is 0 Å². The summed E-state index contributed by atoms with van der Waals surface area (Å²) < 4.78 is 25.2. The van der Waals surface area contributed by atoms with Gasteiger partial charge in [-0.1, -0.05) is 11.6 Å². The van der Waals surface area contributed by atoms with Gasteiger partial charge in [0.2, 0.25) is 15.9 Å². The fraction of sp³-hybridized carbons (Fsp3) is 0.500. The van der Waals surface area contributed by atoms with Crippen LogP contribution in [0.2, 0.25) is 5.02 Å². The molecule has 1 aromatic rings. The summed E-state index contributed by atoms with van der Waals surface area (Å²) in [6.45, 7) is 3.08. The number of piperidine rings is 1. The van der Waals surface area contributed by atoms with Crippen molar-refractivity contribution in [1.82, 2.24) is 9.62 Å². The molecule has 1 unspecified atom stereocenters. The normalized spacial score (nSPS) is 17.7. The third kappa shape index (κ3) is 5.68. The van der Waals surface area contributed by atoms with E-state index in [-0.39, 0.29) is 18.0 Å². The first kappa shape index (κ1) is 19.7. The fourth-order valence-electron chi connectivity index (χ4n) is 2.80. The summed E-state index contributed by atoms with van der Waals surface area (Å²) in [6, 6.07) is 6.28. The summed E-state index contributed by atoms with van der Waals surface area (Å²) in [5, 5.41) is 12.0. The molecule has 25 heavy (non-hydrogen) atoms. The van der Waals surface area contributed by atoms with Gasteiger partial charge in [0.05, 0.1) is 22.9 Å². The molecule has 0 spiro atoms. The molecule has 1 amide bonds. The molecule has 1 heterocycles. The van der Waals surface area contributed by atoms with Gasteiger partial charge in [0.25, 0.3) is 0 Å². The molecule has 0 bridgehead atoms. The van der Waals surface area contributed by atoms with Gasteiger partial charge in [-0.25, -0.2) is 13.1 Å². The molecule has 0 aliphatic carbocycles. The number of nitrogens with one attached hydrogen (secondary N) is 2. The van der Waals surface area contributed by atoms with Crippen LogP contribution in [0.4, 0.5) is 5.69 Å². The van der Waals surface area contributed by atoms with Crippen LogP contribution >= 0.6 is 11.6 Å². The second kappa shape index (κ2) is 8.15. The summed E-state index contributed by atoms with van der Waals surface area (Å²) in [4.78, 5) is 14.4. The van der Waals surface area contributed by atoms with Crippen molar-refractivity contribution in [3.05, 3.63) is 28.8 Å². The summed E-state index contributed by atoms with van der Waals surface area (Å²) in [5.41, 5.74) is 0.891. The van der Waals surface area contributed by atoms with E-state index >= 15 is 0 Å². The van der Waals surface area contributed by atoms with Gasteiger partial charge < -0.3 is 5.32 Å². The van der Waals surface area contributed by atoms with Crippen LogP contribution < -0.4 is 10.0 Å².